The first kappa shape index (κ1) is 26.9. The molecule has 1 aliphatic heterocycles. The number of carbonyl (C=O) groups excluding carboxylic acids is 2. The molecule has 0 saturated carbocycles. The van der Waals surface area contributed by atoms with Gasteiger partial charge in [-0.25, -0.2) is 0 Å². The van der Waals surface area contributed by atoms with Crippen molar-refractivity contribution in [1.29, 1.82) is 0 Å². The molecule has 3 aliphatic rings. The van der Waals surface area contributed by atoms with Crippen molar-refractivity contribution in [1.82, 2.24) is 4.90 Å². The minimum Gasteiger partial charge on any atom is -0.507 e. The molecule has 8 heteroatoms. The van der Waals surface area contributed by atoms with Crippen LogP contribution in [0.3, 0.4) is 0 Å². The third kappa shape index (κ3) is 5.42. The molecule has 5 rings (SSSR count). The molecule has 37 heavy (non-hydrogen) atoms. The van der Waals surface area contributed by atoms with E-state index in [2.05, 4.69) is 24.1 Å². The average Bonchev–Trinajstić information content (AvgIpc) is 2.88. The van der Waals surface area contributed by atoms with E-state index in [1.807, 2.05) is 0 Å². The first-order chi connectivity index (χ1) is 17.5. The van der Waals surface area contributed by atoms with E-state index in [0.29, 0.717) is 30.4 Å². The number of nitrogens with zero attached hydrogens (tertiary/aromatic N) is 1. The molecule has 0 fully saturated rings. The summed E-state index contributed by atoms with van der Waals surface area (Å²) in [5.74, 6) is -2.62. The van der Waals surface area contributed by atoms with E-state index in [9.17, 15) is 24.9 Å². The maximum Gasteiger partial charge on any atom is 0.202 e. The van der Waals surface area contributed by atoms with Gasteiger partial charge in [0.25, 0.3) is 0 Å². The lowest BCUT2D eigenvalue weighted by molar-refractivity contribution is -0.184. The molecule has 2 aromatic carbocycles. The van der Waals surface area contributed by atoms with Crippen LogP contribution in [0.1, 0.15) is 69.7 Å². The number of hydrogen-bond acceptors (Lipinski definition) is 8. The summed E-state index contributed by atoms with van der Waals surface area (Å²) >= 11 is 0. The molecule has 3 N–H and O–H groups in total. The predicted molar refractivity (Wildman–Crippen MR) is 139 cm³/mol. The lowest BCUT2D eigenvalue weighted by Gasteiger charge is -2.31. The van der Waals surface area contributed by atoms with Gasteiger partial charge in [-0.05, 0) is 58.6 Å². The first-order valence-electron chi connectivity index (χ1n) is 12.6. The van der Waals surface area contributed by atoms with E-state index in [-0.39, 0.29) is 52.0 Å². The number of methoxy groups -OCH3 is 1. The monoisotopic (exact) mass is 509 g/mol. The molecule has 0 spiro atoms. The number of aliphatic hydroxyl groups is 1. The highest BCUT2D eigenvalue weighted by Crippen LogP contribution is 2.47. The van der Waals surface area contributed by atoms with E-state index in [1.54, 1.807) is 26.0 Å². The Kier molecular flexibility index (Phi) is 7.73. The maximum atomic E-state index is 13.2. The van der Waals surface area contributed by atoms with Gasteiger partial charge in [-0.2, -0.15) is 0 Å². The van der Waals surface area contributed by atoms with E-state index >= 15 is 0 Å². The van der Waals surface area contributed by atoms with Crippen molar-refractivity contribution in [3.8, 4) is 17.2 Å². The summed E-state index contributed by atoms with van der Waals surface area (Å²) in [5, 5.41) is 31.7. The van der Waals surface area contributed by atoms with Gasteiger partial charge >= 0.3 is 0 Å². The van der Waals surface area contributed by atoms with E-state index in [1.165, 1.54) is 26.1 Å². The molecule has 1 unspecified atom stereocenters. The summed E-state index contributed by atoms with van der Waals surface area (Å²) in [4.78, 5) is 28.7. The van der Waals surface area contributed by atoms with Gasteiger partial charge in [-0.1, -0.05) is 24.3 Å². The van der Waals surface area contributed by atoms with Crippen LogP contribution in [0.15, 0.2) is 30.4 Å². The summed E-state index contributed by atoms with van der Waals surface area (Å²) < 4.78 is 10.7. The quantitative estimate of drug-likeness (QED) is 0.278. The topological polar surface area (TPSA) is 117 Å². The Morgan fingerprint density at radius 3 is 2.32 bits per heavy atom. The smallest absolute Gasteiger partial charge is 0.202 e. The second-order valence-corrected chi connectivity index (χ2v) is 10.3. The highest BCUT2D eigenvalue weighted by Gasteiger charge is 2.40. The van der Waals surface area contributed by atoms with Crippen LogP contribution >= 0.6 is 0 Å². The SMILES string of the molecule is CN1CC=CCC1.COc1cccc2c1C(=O)c1c(O)c3c(c(O)c1C2=O)CC(COC(C)(C)O)CC3. The average molecular weight is 510 g/mol. The molecule has 1 heterocycles. The summed E-state index contributed by atoms with van der Waals surface area (Å²) in [7, 11) is 3.55. The largest absolute Gasteiger partial charge is 0.507 e. The molecule has 2 aromatic rings. The number of phenolic OH excluding ortho intramolecular Hbond substituents is 2. The number of aromatic hydroxyl groups is 2. The number of ether oxygens (including phenoxy) is 2. The Balaban J connectivity index is 0.000000396. The Hall–Kier alpha value is -3.20. The zero-order valence-corrected chi connectivity index (χ0v) is 21.8. The van der Waals surface area contributed by atoms with Crippen molar-refractivity contribution in [2.45, 2.75) is 45.3 Å². The van der Waals surface area contributed by atoms with Crippen LogP contribution < -0.4 is 4.74 Å². The van der Waals surface area contributed by atoms with Crippen LogP contribution in [0.25, 0.3) is 0 Å². The number of carbonyl (C=O) groups is 2. The lowest BCUT2D eigenvalue weighted by atomic mass is 9.75. The Bertz CT molecular complexity index is 1240. The number of likely N-dealkylation sites (N-methyl/N-ethyl adjacent to an activating group) is 1. The van der Waals surface area contributed by atoms with Crippen LogP contribution in [0, 0.1) is 5.92 Å². The zero-order valence-electron chi connectivity index (χ0n) is 21.8. The van der Waals surface area contributed by atoms with Crippen LogP contribution in [0.4, 0.5) is 0 Å². The fraction of sp³-hybridized carbons (Fsp3) is 0.448. The van der Waals surface area contributed by atoms with Crippen LogP contribution in [-0.2, 0) is 17.6 Å². The minimum absolute atomic E-state index is 0.00551. The van der Waals surface area contributed by atoms with Gasteiger partial charge in [0.05, 0.1) is 30.4 Å². The molecular weight excluding hydrogens is 474 g/mol. The maximum absolute atomic E-state index is 13.2. The minimum atomic E-state index is -1.27. The highest BCUT2D eigenvalue weighted by atomic mass is 16.6. The third-order valence-electron chi connectivity index (χ3n) is 7.06. The van der Waals surface area contributed by atoms with E-state index in [4.69, 9.17) is 9.47 Å². The molecular formula is C29H35NO7. The summed E-state index contributed by atoms with van der Waals surface area (Å²) in [5.41, 5.74) is 0.832. The first-order valence-corrected chi connectivity index (χ1v) is 12.6. The van der Waals surface area contributed by atoms with Crippen molar-refractivity contribution in [2.75, 3.05) is 33.9 Å². The number of phenols is 2. The second kappa shape index (κ2) is 10.7. The molecule has 0 aromatic heterocycles. The summed E-state index contributed by atoms with van der Waals surface area (Å²) in [6, 6.07) is 4.70. The normalized spacial score (nSPS) is 18.9. The standard InChI is InChI=1S/C23H24O7.C6H11N/c1-23(2,28)30-10-11-7-8-12-14(9-11)21(26)17-18(19(12)24)22(27)16-13(20(17)25)5-4-6-15(16)29-3;1-7-5-3-2-4-6-7/h4-6,11,24,26,28H,7-10H2,1-3H3;2-3H,4-6H2,1H3. The highest BCUT2D eigenvalue weighted by molar-refractivity contribution is 6.31. The van der Waals surface area contributed by atoms with Crippen molar-refractivity contribution in [3.63, 3.8) is 0 Å². The summed E-state index contributed by atoms with van der Waals surface area (Å²) in [6.07, 6.45) is 7.11. The Morgan fingerprint density at radius 1 is 1.03 bits per heavy atom. The van der Waals surface area contributed by atoms with E-state index < -0.39 is 17.4 Å². The third-order valence-corrected chi connectivity index (χ3v) is 7.06. The van der Waals surface area contributed by atoms with Gasteiger partial charge in [0, 0.05) is 29.8 Å². The molecule has 1 atom stereocenters. The van der Waals surface area contributed by atoms with E-state index in [0.717, 1.165) is 6.54 Å². The zero-order chi connectivity index (χ0) is 26.9. The van der Waals surface area contributed by atoms with Gasteiger partial charge in [-0.15, -0.1) is 0 Å². The molecule has 198 valence electrons. The number of benzene rings is 2. The molecule has 2 aliphatic carbocycles. The fourth-order valence-electron chi connectivity index (χ4n) is 5.10. The second-order valence-electron chi connectivity index (χ2n) is 10.3. The lowest BCUT2D eigenvalue weighted by Crippen LogP contribution is -2.30. The predicted octanol–water partition coefficient (Wildman–Crippen LogP) is 3.61. The summed E-state index contributed by atoms with van der Waals surface area (Å²) in [6.45, 7) is 5.72. The van der Waals surface area contributed by atoms with Gasteiger partial charge in [-0.3, -0.25) is 9.59 Å². The van der Waals surface area contributed by atoms with Gasteiger partial charge in [0.1, 0.15) is 17.2 Å². The number of fused-ring (bicyclic) bond motifs is 3. The van der Waals surface area contributed by atoms with Crippen LogP contribution in [0.2, 0.25) is 0 Å². The number of ketones is 2. The molecule has 0 bridgehead atoms. The van der Waals surface area contributed by atoms with Crippen molar-refractivity contribution < 1.29 is 34.4 Å². The Labute approximate surface area is 217 Å². The molecule has 8 nitrogen and oxygen atoms in total. The van der Waals surface area contributed by atoms with Crippen molar-refractivity contribution in [3.05, 3.63) is 63.7 Å². The number of rotatable bonds is 4. The van der Waals surface area contributed by atoms with Crippen molar-refractivity contribution >= 4 is 11.6 Å². The fourth-order valence-corrected chi connectivity index (χ4v) is 5.10. The molecule has 0 amide bonds. The Morgan fingerprint density at radius 2 is 1.73 bits per heavy atom. The number of hydrogen-bond donors (Lipinski definition) is 3. The van der Waals surface area contributed by atoms with Gasteiger partial charge in [0.15, 0.2) is 11.6 Å². The van der Waals surface area contributed by atoms with Gasteiger partial charge in [0.2, 0.25) is 5.78 Å². The molecule has 0 saturated heterocycles. The van der Waals surface area contributed by atoms with Crippen LogP contribution in [0.5, 0.6) is 17.2 Å². The van der Waals surface area contributed by atoms with Gasteiger partial charge < -0.3 is 29.7 Å². The van der Waals surface area contributed by atoms with Crippen molar-refractivity contribution in [2.24, 2.45) is 5.92 Å². The molecule has 0 radical (unpaired) electrons. The van der Waals surface area contributed by atoms with Crippen LogP contribution in [-0.4, -0.2) is 71.4 Å².